The molecule has 0 fully saturated rings. The summed E-state index contributed by atoms with van der Waals surface area (Å²) in [5, 5.41) is 15.2. The van der Waals surface area contributed by atoms with Crippen LogP contribution in [0.25, 0.3) is 11.1 Å². The largest absolute Gasteiger partial charge is 0.392 e. The van der Waals surface area contributed by atoms with E-state index in [0.717, 1.165) is 33.4 Å². The summed E-state index contributed by atoms with van der Waals surface area (Å²) in [6.45, 7) is 3.48. The predicted octanol–water partition coefficient (Wildman–Crippen LogP) is 5.31. The Balaban J connectivity index is 1.37. The van der Waals surface area contributed by atoms with E-state index < -0.39 is 16.1 Å². The van der Waals surface area contributed by atoms with Gasteiger partial charge in [-0.05, 0) is 49.2 Å². The average molecular weight is 513 g/mol. The molecule has 4 aromatic rings. The van der Waals surface area contributed by atoms with Crippen LogP contribution in [-0.4, -0.2) is 38.5 Å². The number of oxime groups is 1. The zero-order chi connectivity index (χ0) is 26.0. The molecule has 1 aliphatic rings. The van der Waals surface area contributed by atoms with Crippen LogP contribution in [0.1, 0.15) is 22.3 Å². The fraction of sp³-hybridized carbons (Fsp3) is 0.167. The van der Waals surface area contributed by atoms with E-state index in [0.29, 0.717) is 11.4 Å². The minimum atomic E-state index is -3.92. The molecule has 0 unspecified atom stereocenters. The molecule has 0 heterocycles. The van der Waals surface area contributed by atoms with E-state index in [2.05, 4.69) is 5.16 Å². The number of aryl methyl sites for hydroxylation is 2. The van der Waals surface area contributed by atoms with E-state index >= 15 is 0 Å². The lowest BCUT2D eigenvalue weighted by molar-refractivity contribution is 0.0456. The van der Waals surface area contributed by atoms with Gasteiger partial charge in [0.25, 0.3) is 10.0 Å². The van der Waals surface area contributed by atoms with E-state index in [1.807, 2.05) is 74.5 Å². The van der Waals surface area contributed by atoms with Crippen molar-refractivity contribution in [2.45, 2.75) is 24.8 Å². The second-order valence-corrected chi connectivity index (χ2v) is 11.0. The molecule has 6 nitrogen and oxygen atoms in total. The van der Waals surface area contributed by atoms with Gasteiger partial charge in [-0.25, -0.2) is 8.42 Å². The standard InChI is InChI=1S/C30H28N2O4S/c1-21-11-15-23(16-12-21)32(37(34,35)25-17-13-22(2)14-18-25)19-24(33)20-36-31-30-28-9-5-3-7-26(28)27-8-4-6-10-29(27)30/h3-18,24,33H,19-20H2,1-2H3/t24-/m0/s1. The predicted molar refractivity (Wildman–Crippen MR) is 146 cm³/mol. The summed E-state index contributed by atoms with van der Waals surface area (Å²) in [5.74, 6) is 0. The topological polar surface area (TPSA) is 79.2 Å². The maximum absolute atomic E-state index is 13.6. The van der Waals surface area contributed by atoms with E-state index in [4.69, 9.17) is 4.84 Å². The highest BCUT2D eigenvalue weighted by Gasteiger charge is 2.28. The molecular weight excluding hydrogens is 484 g/mol. The number of hydrogen-bond donors (Lipinski definition) is 1. The van der Waals surface area contributed by atoms with Crippen LogP contribution in [0.5, 0.6) is 0 Å². The highest BCUT2D eigenvalue weighted by molar-refractivity contribution is 7.92. The van der Waals surface area contributed by atoms with Gasteiger partial charge >= 0.3 is 0 Å². The summed E-state index contributed by atoms with van der Waals surface area (Å²) in [4.78, 5) is 5.76. The summed E-state index contributed by atoms with van der Waals surface area (Å²) in [5.41, 5.74) is 7.21. The van der Waals surface area contributed by atoms with Crippen LogP contribution in [0.4, 0.5) is 5.69 Å². The lowest BCUT2D eigenvalue weighted by Gasteiger charge is -2.26. The first kappa shape index (κ1) is 24.7. The third-order valence-corrected chi connectivity index (χ3v) is 8.19. The SMILES string of the molecule is Cc1ccc(N(C[C@H](O)CON=C2c3ccccc3-c3ccccc32)S(=O)(=O)c2ccc(C)cc2)cc1. The Morgan fingerprint density at radius 3 is 1.78 bits per heavy atom. The molecule has 0 radical (unpaired) electrons. The third-order valence-electron chi connectivity index (χ3n) is 6.38. The number of aliphatic hydroxyl groups is 1. The number of benzene rings is 4. The zero-order valence-corrected chi connectivity index (χ0v) is 21.5. The maximum Gasteiger partial charge on any atom is 0.264 e. The van der Waals surface area contributed by atoms with E-state index in [1.54, 1.807) is 36.4 Å². The van der Waals surface area contributed by atoms with Crippen molar-refractivity contribution < 1.29 is 18.4 Å². The van der Waals surface area contributed by atoms with Crippen molar-refractivity contribution in [2.75, 3.05) is 17.5 Å². The van der Waals surface area contributed by atoms with Crippen LogP contribution in [0.3, 0.4) is 0 Å². The molecule has 0 spiro atoms. The molecule has 0 amide bonds. The van der Waals surface area contributed by atoms with Crippen molar-refractivity contribution in [2.24, 2.45) is 5.16 Å². The minimum Gasteiger partial charge on any atom is -0.392 e. The zero-order valence-electron chi connectivity index (χ0n) is 20.7. The van der Waals surface area contributed by atoms with Crippen LogP contribution in [0, 0.1) is 13.8 Å². The molecular formula is C30H28N2O4S. The Kier molecular flexibility index (Phi) is 6.82. The van der Waals surface area contributed by atoms with Crippen molar-refractivity contribution in [3.63, 3.8) is 0 Å². The lowest BCUT2D eigenvalue weighted by Crippen LogP contribution is -2.39. The summed E-state index contributed by atoms with van der Waals surface area (Å²) >= 11 is 0. The van der Waals surface area contributed by atoms with Gasteiger partial charge < -0.3 is 9.94 Å². The minimum absolute atomic E-state index is 0.159. The van der Waals surface area contributed by atoms with Crippen LogP contribution in [-0.2, 0) is 14.9 Å². The van der Waals surface area contributed by atoms with Crippen LogP contribution < -0.4 is 4.31 Å². The van der Waals surface area contributed by atoms with E-state index in [-0.39, 0.29) is 18.0 Å². The van der Waals surface area contributed by atoms with Crippen molar-refractivity contribution in [3.05, 3.63) is 119 Å². The molecule has 0 bridgehead atoms. The van der Waals surface area contributed by atoms with Crippen molar-refractivity contribution in [1.29, 1.82) is 0 Å². The molecule has 1 N–H and O–H groups in total. The second kappa shape index (κ2) is 10.2. The van der Waals surface area contributed by atoms with E-state index in [1.165, 1.54) is 4.31 Å². The lowest BCUT2D eigenvalue weighted by atomic mass is 10.1. The molecule has 0 saturated carbocycles. The molecule has 5 rings (SSSR count). The Bertz CT molecular complexity index is 1500. The van der Waals surface area contributed by atoms with Crippen molar-refractivity contribution in [1.82, 2.24) is 0 Å². The maximum atomic E-state index is 13.6. The van der Waals surface area contributed by atoms with Crippen molar-refractivity contribution in [3.8, 4) is 11.1 Å². The molecule has 0 aliphatic heterocycles. The summed E-state index contributed by atoms with van der Waals surface area (Å²) in [6, 6.07) is 29.8. The normalized spacial score (nSPS) is 13.0. The highest BCUT2D eigenvalue weighted by Crippen LogP contribution is 2.36. The molecule has 1 aliphatic carbocycles. The molecule has 7 heteroatoms. The fourth-order valence-corrected chi connectivity index (χ4v) is 5.92. The van der Waals surface area contributed by atoms with Gasteiger partial charge in [0.15, 0.2) is 0 Å². The molecule has 0 saturated heterocycles. The number of nitrogens with zero attached hydrogens (tertiary/aromatic N) is 2. The first-order valence-corrected chi connectivity index (χ1v) is 13.5. The van der Waals surface area contributed by atoms with Gasteiger partial charge in [0.2, 0.25) is 0 Å². The van der Waals surface area contributed by atoms with E-state index in [9.17, 15) is 13.5 Å². The molecule has 0 aromatic heterocycles. The number of hydrogen-bond acceptors (Lipinski definition) is 5. The Morgan fingerprint density at radius 1 is 0.757 bits per heavy atom. The number of rotatable bonds is 8. The smallest absolute Gasteiger partial charge is 0.264 e. The molecule has 4 aromatic carbocycles. The Labute approximate surface area is 217 Å². The number of anilines is 1. The Hall–Kier alpha value is -3.94. The van der Waals surface area contributed by atoms with Gasteiger partial charge in [-0.15, -0.1) is 0 Å². The summed E-state index contributed by atoms with van der Waals surface area (Å²) < 4.78 is 28.4. The first-order chi connectivity index (χ1) is 17.8. The summed E-state index contributed by atoms with van der Waals surface area (Å²) in [7, 11) is -3.92. The summed E-state index contributed by atoms with van der Waals surface area (Å²) in [6.07, 6.45) is -1.11. The monoisotopic (exact) mass is 512 g/mol. The number of sulfonamides is 1. The van der Waals surface area contributed by atoms with Gasteiger partial charge in [0, 0.05) is 11.1 Å². The molecule has 188 valence electrons. The first-order valence-electron chi connectivity index (χ1n) is 12.1. The van der Waals surface area contributed by atoms with Gasteiger partial charge in [-0.1, -0.05) is 89.1 Å². The van der Waals surface area contributed by atoms with Crippen LogP contribution >= 0.6 is 0 Å². The fourth-order valence-electron chi connectivity index (χ4n) is 4.42. The third kappa shape index (κ3) is 5.01. The second-order valence-electron chi connectivity index (χ2n) is 9.17. The quantitative estimate of drug-likeness (QED) is 0.286. The van der Waals surface area contributed by atoms with Gasteiger partial charge in [0.1, 0.15) is 18.4 Å². The van der Waals surface area contributed by atoms with Gasteiger partial charge in [-0.3, -0.25) is 4.31 Å². The average Bonchev–Trinajstić information content (AvgIpc) is 3.22. The van der Waals surface area contributed by atoms with Gasteiger partial charge in [-0.2, -0.15) is 0 Å². The Morgan fingerprint density at radius 2 is 1.24 bits per heavy atom. The highest BCUT2D eigenvalue weighted by atomic mass is 32.2. The number of aliphatic hydroxyl groups excluding tert-OH is 1. The van der Waals surface area contributed by atoms with Crippen molar-refractivity contribution >= 4 is 21.4 Å². The molecule has 1 atom stereocenters. The van der Waals surface area contributed by atoms with Crippen LogP contribution in [0.15, 0.2) is 107 Å². The molecule has 37 heavy (non-hydrogen) atoms. The van der Waals surface area contributed by atoms with Gasteiger partial charge in [0.05, 0.1) is 17.1 Å². The number of fused-ring (bicyclic) bond motifs is 3. The van der Waals surface area contributed by atoms with Crippen LogP contribution in [0.2, 0.25) is 0 Å².